The van der Waals surface area contributed by atoms with Crippen molar-refractivity contribution in [3.63, 3.8) is 0 Å². The van der Waals surface area contributed by atoms with E-state index in [1.54, 1.807) is 58.7 Å². The summed E-state index contributed by atoms with van der Waals surface area (Å²) in [5.74, 6) is -0.0807. The van der Waals surface area contributed by atoms with Crippen LogP contribution in [-0.4, -0.2) is 285 Å². The zero-order chi connectivity index (χ0) is 97.4. The van der Waals surface area contributed by atoms with Gasteiger partial charge in [0.25, 0.3) is 6.47 Å². The number of methoxy groups -OCH3 is 4. The molecule has 8 heterocycles. The molecule has 7 aromatic rings. The second-order valence-electron chi connectivity index (χ2n) is 41.8. The molecule has 12 aliphatic rings. The van der Waals surface area contributed by atoms with Crippen molar-refractivity contribution in [3.8, 4) is 5.75 Å². The number of ether oxygens (including phenoxy) is 9. The standard InChI is InChI=1S/2C21H34N4O4.2C21H24.C17H26N4O2.2C4H8O2/c2*1-6-24-13-23(4)10-18-19(24)8-16(21(27)29-12-15(26)11-28-5)17-9-22(3)14-25(7-2)20(17)18;2*1-19(2)13-21(17-11-7-5-9-15(17)19)14-20(3,4)16-10-6-8-12-18(16)21;1-5-20-10-18(3)8-13-15(20)7-16(23-12-22)14-9-19(4)11-21(6-2)17(13)14;2*1-5-2-4-3-6-4/h2*8,15,26H,6-7,9-14H2,1-5H3;2*5-12H,13-14H2,1-4H3;7,12H,5-6,8-11H2,1-4H3;2*4H,2-3H2,1H3. The Kier molecular flexibility index (Phi) is 33.8. The lowest BCUT2D eigenvalue weighted by Gasteiger charge is -2.43. The number of hydrogen-bond donors (Lipinski definition) is 2. The zero-order valence-corrected chi connectivity index (χ0v) is 85.7. The van der Waals surface area contributed by atoms with Crippen LogP contribution in [0.25, 0.3) is 0 Å². The number of anilines is 6. The van der Waals surface area contributed by atoms with Crippen LogP contribution in [0.5, 0.6) is 5.75 Å². The Hall–Kier alpha value is -8.81. The van der Waals surface area contributed by atoms with Gasteiger partial charge in [-0.3, -0.25) is 34.2 Å². The topological polar surface area (TPSA) is 220 Å². The minimum atomic E-state index is -0.826. The highest BCUT2D eigenvalue weighted by molar-refractivity contribution is 5.97. The molecular weight excluding hydrogens is 1700 g/mol. The molecule has 2 spiro atoms. The van der Waals surface area contributed by atoms with E-state index in [9.17, 15) is 24.6 Å². The fourth-order valence-corrected chi connectivity index (χ4v) is 23.6. The van der Waals surface area contributed by atoms with Gasteiger partial charge < -0.3 is 82.2 Å². The minimum absolute atomic E-state index is 0.0773. The van der Waals surface area contributed by atoms with Crippen LogP contribution in [0.2, 0.25) is 0 Å². The molecule has 0 aromatic heterocycles. The number of benzene rings is 7. The number of esters is 2. The maximum atomic E-state index is 13.0. The largest absolute Gasteiger partial charge is 0.459 e. The second-order valence-corrected chi connectivity index (χ2v) is 41.8. The van der Waals surface area contributed by atoms with Gasteiger partial charge in [0, 0.05) is 186 Å². The van der Waals surface area contributed by atoms with E-state index < -0.39 is 12.2 Å². The first-order valence-corrected chi connectivity index (χ1v) is 49.0. The van der Waals surface area contributed by atoms with Crippen LogP contribution in [0.1, 0.15) is 221 Å². The van der Waals surface area contributed by atoms with E-state index in [0.29, 0.717) is 48.6 Å². The van der Waals surface area contributed by atoms with Gasteiger partial charge in [0.1, 0.15) is 43.4 Å². The summed E-state index contributed by atoms with van der Waals surface area (Å²) in [6.45, 7) is 51.4. The first kappa shape index (κ1) is 104. The first-order valence-electron chi connectivity index (χ1n) is 49.0. The molecule has 26 heteroatoms. The van der Waals surface area contributed by atoms with E-state index in [0.717, 1.165) is 171 Å². The van der Waals surface area contributed by atoms with Crippen LogP contribution in [-0.2, 0) is 114 Å². The van der Waals surface area contributed by atoms with Gasteiger partial charge in [0.15, 0.2) is 0 Å². The van der Waals surface area contributed by atoms with E-state index in [4.69, 9.17) is 42.6 Å². The van der Waals surface area contributed by atoms with Crippen LogP contribution in [0.4, 0.5) is 34.1 Å². The fourth-order valence-electron chi connectivity index (χ4n) is 23.6. The Labute approximate surface area is 805 Å². The Bertz CT molecular complexity index is 4840. The molecule has 4 aliphatic carbocycles. The lowest BCUT2D eigenvalue weighted by Crippen LogP contribution is -2.45. The number of fused-ring (bicyclic) bond motifs is 17. The highest BCUT2D eigenvalue weighted by atomic mass is 16.6. The third-order valence-corrected chi connectivity index (χ3v) is 29.0. The summed E-state index contributed by atoms with van der Waals surface area (Å²) in [5.41, 5.74) is 29.3. The SMILES string of the molecule is CC1(C)CC2(CC(C)(C)c3ccccc32)c2ccccc21.CC1(C)CC2(CC(C)(C)c3ccccc32)c2ccccc21.CCN1CN(C)Cc2c1cc(C(=O)OCC(O)COC)c1c2N(CC)CN(C)C1.CCN1CN(C)Cc2c1cc(C(=O)OCC(O)COC)c1c2N(CC)CN(C)C1.CCN1CN(C)Cc2c1cc(OC=O)c1c2N(CC)CN(C)C1.COCC1CO1.COCC1CO1. The summed E-state index contributed by atoms with van der Waals surface area (Å²) in [5, 5.41) is 19.7. The molecule has 4 unspecified atom stereocenters. The van der Waals surface area contributed by atoms with E-state index in [-0.39, 0.29) is 70.9 Å². The lowest BCUT2D eigenvalue weighted by molar-refractivity contribution is -0.120. The average molecular weight is 1860 g/mol. The fraction of sp³-hybridized carbons (Fsp3) is 0.587. The van der Waals surface area contributed by atoms with E-state index >= 15 is 0 Å². The molecule has 8 aliphatic heterocycles. The molecule has 0 radical (unpaired) electrons. The quantitative estimate of drug-likeness (QED) is 0.0366. The lowest BCUT2D eigenvalue weighted by atomic mass is 9.72. The zero-order valence-electron chi connectivity index (χ0n) is 85.7. The van der Waals surface area contributed by atoms with E-state index in [2.05, 4.69) is 295 Å². The van der Waals surface area contributed by atoms with Gasteiger partial charge in [-0.05, 0) is 188 Å². The number of hydrogen-bond acceptors (Lipinski definition) is 26. The van der Waals surface area contributed by atoms with Gasteiger partial charge in [0.2, 0.25) is 0 Å². The molecule has 0 saturated carbocycles. The van der Waals surface area contributed by atoms with Gasteiger partial charge in [0.05, 0.1) is 96.5 Å². The van der Waals surface area contributed by atoms with E-state index in [1.807, 2.05) is 18.2 Å². The predicted octanol–water partition coefficient (Wildman–Crippen LogP) is 15.0. The maximum Gasteiger partial charge on any atom is 0.338 e. The Morgan fingerprint density at radius 2 is 0.622 bits per heavy atom. The third-order valence-electron chi connectivity index (χ3n) is 29.0. The molecule has 19 rings (SSSR count). The molecule has 738 valence electrons. The number of carbonyl (C=O) groups excluding carboxylic acids is 3. The molecular formula is C109H158N12O14. The molecule has 135 heavy (non-hydrogen) atoms. The number of rotatable bonds is 22. The van der Waals surface area contributed by atoms with Gasteiger partial charge in [-0.15, -0.1) is 0 Å². The van der Waals surface area contributed by atoms with Gasteiger partial charge in [-0.25, -0.2) is 9.59 Å². The normalized spacial score (nSPS) is 21.0. The molecule has 2 N–H and O–H groups in total. The Balaban J connectivity index is 0.000000139. The molecule has 0 bridgehead atoms. The third kappa shape index (κ3) is 22.6. The predicted molar refractivity (Wildman–Crippen MR) is 540 cm³/mol. The summed E-state index contributed by atoms with van der Waals surface area (Å²) >= 11 is 0. The second kappa shape index (κ2) is 44.1. The van der Waals surface area contributed by atoms with Crippen LogP contribution < -0.4 is 34.1 Å². The van der Waals surface area contributed by atoms with Crippen LogP contribution in [0.15, 0.2) is 115 Å². The molecule has 4 atom stereocenters. The summed E-state index contributed by atoms with van der Waals surface area (Å²) in [6, 6.07) is 42.6. The number of aliphatic hydroxyl groups is 2. The average Bonchev–Trinajstić information content (AvgIpc) is 1.53. The van der Waals surface area contributed by atoms with Gasteiger partial charge in [-0.2, -0.15) is 0 Å². The number of carbonyl (C=O) groups is 3. The summed E-state index contributed by atoms with van der Waals surface area (Å²) in [7, 11) is 19.0. The smallest absolute Gasteiger partial charge is 0.338 e. The van der Waals surface area contributed by atoms with Crippen molar-refractivity contribution < 1.29 is 67.2 Å². The number of nitrogens with zero attached hydrogens (tertiary/aromatic N) is 12. The first-order chi connectivity index (χ1) is 64.5. The molecule has 2 saturated heterocycles. The van der Waals surface area contributed by atoms with Crippen molar-refractivity contribution in [3.05, 3.63) is 204 Å². The highest BCUT2D eigenvalue weighted by Gasteiger charge is 2.58. The molecule has 26 nitrogen and oxygen atoms in total. The summed E-state index contributed by atoms with van der Waals surface area (Å²) in [6.07, 6.45) is 4.14. The maximum absolute atomic E-state index is 13.0. The minimum Gasteiger partial charge on any atom is -0.459 e. The van der Waals surface area contributed by atoms with Crippen LogP contribution in [0.3, 0.4) is 0 Å². The van der Waals surface area contributed by atoms with Crippen molar-refractivity contribution in [2.45, 2.75) is 219 Å². The Morgan fingerprint density at radius 1 is 0.370 bits per heavy atom. The highest BCUT2D eigenvalue weighted by Crippen LogP contribution is 2.65. The summed E-state index contributed by atoms with van der Waals surface area (Å²) in [4.78, 5) is 64.6. The molecule has 2 fully saturated rings. The van der Waals surface area contributed by atoms with Crippen molar-refractivity contribution >= 4 is 52.5 Å². The summed E-state index contributed by atoms with van der Waals surface area (Å²) < 4.78 is 45.2. The van der Waals surface area contributed by atoms with Crippen molar-refractivity contribution in [1.29, 1.82) is 0 Å². The number of aliphatic hydroxyl groups excluding tert-OH is 2. The molecule has 0 amide bonds. The Morgan fingerprint density at radius 3 is 0.874 bits per heavy atom. The van der Waals surface area contributed by atoms with Gasteiger partial charge in [-0.1, -0.05) is 152 Å². The van der Waals surface area contributed by atoms with E-state index in [1.165, 1.54) is 68.0 Å². The van der Waals surface area contributed by atoms with Crippen molar-refractivity contribution in [1.82, 2.24) is 29.4 Å². The monoisotopic (exact) mass is 1860 g/mol. The van der Waals surface area contributed by atoms with Crippen LogP contribution >= 0.6 is 0 Å². The number of epoxide rings is 2. The van der Waals surface area contributed by atoms with Gasteiger partial charge >= 0.3 is 11.9 Å². The van der Waals surface area contributed by atoms with Crippen LogP contribution in [0, 0.1) is 0 Å². The molecule has 7 aromatic carbocycles. The van der Waals surface area contributed by atoms with Crippen molar-refractivity contribution in [2.75, 3.05) is 232 Å². The van der Waals surface area contributed by atoms with Crippen molar-refractivity contribution in [2.24, 2.45) is 0 Å².